The molecule has 0 aliphatic heterocycles. The van der Waals surface area contributed by atoms with Crippen molar-refractivity contribution in [2.75, 3.05) is 20.2 Å². The molecule has 0 aliphatic carbocycles. The number of aromatic amines is 1. The van der Waals surface area contributed by atoms with Crippen molar-refractivity contribution < 1.29 is 13.9 Å². The van der Waals surface area contributed by atoms with Gasteiger partial charge in [-0.15, -0.1) is 0 Å². The second-order valence-electron chi connectivity index (χ2n) is 7.28. The number of carbonyl (C=O) groups is 1. The zero-order valence-electron chi connectivity index (χ0n) is 17.5. The fourth-order valence-electron chi connectivity index (χ4n) is 3.28. The predicted molar refractivity (Wildman–Crippen MR) is 116 cm³/mol. The van der Waals surface area contributed by atoms with Gasteiger partial charge in [0.25, 0.3) is 0 Å². The molecule has 0 spiro atoms. The lowest BCUT2D eigenvalue weighted by Gasteiger charge is -2.17. The van der Waals surface area contributed by atoms with Crippen LogP contribution in [0.2, 0.25) is 0 Å². The molecule has 0 bridgehead atoms. The highest BCUT2D eigenvalue weighted by atomic mass is 19.1. The fourth-order valence-corrected chi connectivity index (χ4v) is 3.28. The maximum atomic E-state index is 13.4. The summed E-state index contributed by atoms with van der Waals surface area (Å²) in [4.78, 5) is 14.2. The van der Waals surface area contributed by atoms with E-state index in [1.165, 1.54) is 12.1 Å². The van der Waals surface area contributed by atoms with Gasteiger partial charge < -0.3 is 9.64 Å². The van der Waals surface area contributed by atoms with Crippen LogP contribution in [0.25, 0.3) is 11.3 Å². The van der Waals surface area contributed by atoms with E-state index in [4.69, 9.17) is 4.74 Å². The van der Waals surface area contributed by atoms with Crippen LogP contribution in [0.3, 0.4) is 0 Å². The molecule has 0 fully saturated rings. The molecule has 1 amide bonds. The van der Waals surface area contributed by atoms with Gasteiger partial charge in [-0.2, -0.15) is 5.10 Å². The largest absolute Gasteiger partial charge is 0.494 e. The minimum Gasteiger partial charge on any atom is -0.494 e. The lowest BCUT2D eigenvalue weighted by Crippen LogP contribution is -2.28. The first-order valence-electron chi connectivity index (χ1n) is 10.3. The molecule has 2 aromatic carbocycles. The van der Waals surface area contributed by atoms with E-state index < -0.39 is 0 Å². The standard InChI is InChI=1S/C24H28FN3O2/c1-3-30-22-12-9-18(10-13-22)11-14-24(29)28(2)15-5-8-21-17-23(27-26-21)19-6-4-7-20(25)16-19/h4,6-7,9-10,12-13,16-17H,3,5,8,11,14-15H2,1-2H3,(H,26,27). The highest BCUT2D eigenvalue weighted by Gasteiger charge is 2.10. The number of halogens is 1. The number of rotatable bonds is 10. The molecule has 0 saturated carbocycles. The van der Waals surface area contributed by atoms with Crippen LogP contribution < -0.4 is 4.74 Å². The molecule has 0 saturated heterocycles. The first-order chi connectivity index (χ1) is 14.5. The number of aryl methyl sites for hydroxylation is 2. The minimum atomic E-state index is -0.276. The third-order valence-corrected chi connectivity index (χ3v) is 4.98. The van der Waals surface area contributed by atoms with E-state index in [1.807, 2.05) is 50.4 Å². The molecule has 1 heterocycles. The normalized spacial score (nSPS) is 10.8. The predicted octanol–water partition coefficient (Wildman–Crippen LogP) is 4.64. The molecule has 0 radical (unpaired) electrons. The summed E-state index contributed by atoms with van der Waals surface area (Å²) in [5, 5.41) is 7.26. The smallest absolute Gasteiger partial charge is 0.222 e. The van der Waals surface area contributed by atoms with Crippen molar-refractivity contribution in [1.82, 2.24) is 15.1 Å². The number of ether oxygens (including phenoxy) is 1. The second-order valence-corrected chi connectivity index (χ2v) is 7.28. The van der Waals surface area contributed by atoms with Crippen molar-refractivity contribution in [1.29, 1.82) is 0 Å². The molecule has 6 heteroatoms. The SMILES string of the molecule is CCOc1ccc(CCC(=O)N(C)CCCc2cc(-c3cccc(F)c3)n[nH]2)cc1. The molecule has 0 unspecified atom stereocenters. The van der Waals surface area contributed by atoms with E-state index in [0.29, 0.717) is 26.0 Å². The summed E-state index contributed by atoms with van der Waals surface area (Å²) >= 11 is 0. The summed E-state index contributed by atoms with van der Waals surface area (Å²) in [6.07, 6.45) is 2.81. The number of hydrogen-bond donors (Lipinski definition) is 1. The van der Waals surface area contributed by atoms with Crippen LogP contribution in [0.5, 0.6) is 5.75 Å². The van der Waals surface area contributed by atoms with Gasteiger partial charge in [0.1, 0.15) is 11.6 Å². The van der Waals surface area contributed by atoms with E-state index in [1.54, 1.807) is 11.0 Å². The Morgan fingerprint density at radius 3 is 2.67 bits per heavy atom. The van der Waals surface area contributed by atoms with Gasteiger partial charge >= 0.3 is 0 Å². The Kier molecular flexibility index (Phi) is 7.60. The van der Waals surface area contributed by atoms with Crippen molar-refractivity contribution in [3.8, 4) is 17.0 Å². The van der Waals surface area contributed by atoms with Crippen molar-refractivity contribution >= 4 is 5.91 Å². The number of benzene rings is 2. The van der Waals surface area contributed by atoms with Gasteiger partial charge in [-0.3, -0.25) is 9.89 Å². The number of H-pyrrole nitrogens is 1. The third-order valence-electron chi connectivity index (χ3n) is 4.98. The first kappa shape index (κ1) is 21.6. The molecule has 30 heavy (non-hydrogen) atoms. The van der Waals surface area contributed by atoms with Crippen molar-refractivity contribution in [3.05, 3.63) is 71.7 Å². The summed E-state index contributed by atoms with van der Waals surface area (Å²) < 4.78 is 18.8. The summed E-state index contributed by atoms with van der Waals surface area (Å²) in [5.74, 6) is 0.709. The summed E-state index contributed by atoms with van der Waals surface area (Å²) in [7, 11) is 1.84. The van der Waals surface area contributed by atoms with Gasteiger partial charge in [0.2, 0.25) is 5.91 Å². The van der Waals surface area contributed by atoms with E-state index in [9.17, 15) is 9.18 Å². The molecule has 158 valence electrons. The summed E-state index contributed by atoms with van der Waals surface area (Å²) in [6, 6.07) is 16.2. The third kappa shape index (κ3) is 6.17. The van der Waals surface area contributed by atoms with Crippen molar-refractivity contribution in [2.45, 2.75) is 32.6 Å². The number of carbonyl (C=O) groups excluding carboxylic acids is 1. The van der Waals surface area contributed by atoms with Crippen LogP contribution in [-0.2, 0) is 17.6 Å². The fraction of sp³-hybridized carbons (Fsp3) is 0.333. The highest BCUT2D eigenvalue weighted by molar-refractivity contribution is 5.76. The average molecular weight is 410 g/mol. The van der Waals surface area contributed by atoms with Crippen molar-refractivity contribution in [3.63, 3.8) is 0 Å². The zero-order valence-corrected chi connectivity index (χ0v) is 17.5. The highest BCUT2D eigenvalue weighted by Crippen LogP contribution is 2.19. The summed E-state index contributed by atoms with van der Waals surface area (Å²) in [5.41, 5.74) is 3.58. The topological polar surface area (TPSA) is 58.2 Å². The number of nitrogens with one attached hydrogen (secondary N) is 1. The van der Waals surface area contributed by atoms with Crippen LogP contribution in [0.15, 0.2) is 54.6 Å². The Balaban J connectivity index is 1.41. The molecular weight excluding hydrogens is 381 g/mol. The Hall–Kier alpha value is -3.15. The number of aromatic nitrogens is 2. The number of amides is 1. The first-order valence-corrected chi connectivity index (χ1v) is 10.3. The molecule has 5 nitrogen and oxygen atoms in total. The van der Waals surface area contributed by atoms with Crippen molar-refractivity contribution in [2.24, 2.45) is 0 Å². The van der Waals surface area contributed by atoms with Crippen LogP contribution in [0, 0.1) is 5.82 Å². The molecule has 1 N–H and O–H groups in total. The molecule has 1 aromatic heterocycles. The zero-order chi connectivity index (χ0) is 21.3. The average Bonchev–Trinajstić information content (AvgIpc) is 3.22. The van der Waals surface area contributed by atoms with E-state index in [2.05, 4.69) is 10.2 Å². The summed E-state index contributed by atoms with van der Waals surface area (Å²) in [6.45, 7) is 3.28. The van der Waals surface area contributed by atoms with Gasteiger partial charge in [-0.1, -0.05) is 24.3 Å². The Labute approximate surface area is 176 Å². The monoisotopic (exact) mass is 409 g/mol. The van der Waals surface area contributed by atoms with Crippen LogP contribution >= 0.6 is 0 Å². The van der Waals surface area contributed by atoms with Gasteiger partial charge in [0, 0.05) is 31.3 Å². The van der Waals surface area contributed by atoms with E-state index >= 15 is 0 Å². The molecule has 3 rings (SSSR count). The second kappa shape index (κ2) is 10.6. The van der Waals surface area contributed by atoms with Crippen LogP contribution in [0.4, 0.5) is 4.39 Å². The van der Waals surface area contributed by atoms with Gasteiger partial charge in [0.05, 0.1) is 12.3 Å². The lowest BCUT2D eigenvalue weighted by molar-refractivity contribution is -0.129. The lowest BCUT2D eigenvalue weighted by atomic mass is 10.1. The Morgan fingerprint density at radius 2 is 1.93 bits per heavy atom. The van der Waals surface area contributed by atoms with Gasteiger partial charge in [-0.05, 0) is 62.1 Å². The number of nitrogens with zero attached hydrogens (tertiary/aromatic N) is 2. The van der Waals surface area contributed by atoms with Crippen LogP contribution in [0.1, 0.15) is 31.0 Å². The van der Waals surface area contributed by atoms with E-state index in [0.717, 1.165) is 41.1 Å². The quantitative estimate of drug-likeness (QED) is 0.531. The molecule has 3 aromatic rings. The minimum absolute atomic E-state index is 0.133. The molecule has 0 aliphatic rings. The van der Waals surface area contributed by atoms with Gasteiger partial charge in [0.15, 0.2) is 0 Å². The maximum absolute atomic E-state index is 13.4. The van der Waals surface area contributed by atoms with E-state index in [-0.39, 0.29) is 11.7 Å². The number of hydrogen-bond acceptors (Lipinski definition) is 3. The molecular formula is C24H28FN3O2. The Morgan fingerprint density at radius 1 is 1.13 bits per heavy atom. The maximum Gasteiger partial charge on any atom is 0.222 e. The Bertz CT molecular complexity index is 953. The van der Waals surface area contributed by atoms with Gasteiger partial charge in [-0.25, -0.2) is 4.39 Å². The van der Waals surface area contributed by atoms with Crippen LogP contribution in [-0.4, -0.2) is 41.2 Å². The molecule has 0 atom stereocenters.